The number of anilines is 1. The quantitative estimate of drug-likeness (QED) is 0.565. The molecule has 1 aromatic carbocycles. The van der Waals surface area contributed by atoms with Crippen molar-refractivity contribution >= 4 is 29.3 Å². The van der Waals surface area contributed by atoms with E-state index in [1.54, 1.807) is 24.3 Å². The Morgan fingerprint density at radius 3 is 2.50 bits per heavy atom. The third-order valence-electron chi connectivity index (χ3n) is 7.39. The number of nitrogens with one attached hydrogen (secondary N) is 2. The summed E-state index contributed by atoms with van der Waals surface area (Å²) in [5, 5.41) is 15.2. The minimum absolute atomic E-state index is 0.00490. The SMILES string of the molecule is CC(C)C[C@@H](C(=O)N1CC(=O)Nc2ccccc2C[C@H]1C#N)N(C)C(=O)[C@H](C)NC(=O)C1(F)CCCCC1. The molecule has 10 heteroatoms. The van der Waals surface area contributed by atoms with Crippen molar-refractivity contribution in [3.8, 4) is 6.07 Å². The lowest BCUT2D eigenvalue weighted by atomic mass is 9.85. The highest BCUT2D eigenvalue weighted by Crippen LogP contribution is 2.32. The Morgan fingerprint density at radius 1 is 1.21 bits per heavy atom. The number of rotatable bonds is 7. The average molecular weight is 528 g/mol. The number of amides is 4. The molecular formula is C28H38FN5O4. The molecule has 0 spiro atoms. The summed E-state index contributed by atoms with van der Waals surface area (Å²) in [6.07, 6.45) is 2.85. The molecule has 1 heterocycles. The number of benzene rings is 1. The Hall–Kier alpha value is -3.48. The topological polar surface area (TPSA) is 123 Å². The zero-order valence-corrected chi connectivity index (χ0v) is 22.6. The van der Waals surface area contributed by atoms with Crippen LogP contribution in [0.1, 0.15) is 64.9 Å². The fraction of sp³-hybridized carbons (Fsp3) is 0.607. The number of para-hydroxylation sites is 1. The molecule has 9 nitrogen and oxygen atoms in total. The van der Waals surface area contributed by atoms with Gasteiger partial charge in [0.05, 0.1) is 6.07 Å². The van der Waals surface area contributed by atoms with Gasteiger partial charge in [-0.1, -0.05) is 38.5 Å². The number of fused-ring (bicyclic) bond motifs is 1. The van der Waals surface area contributed by atoms with Gasteiger partial charge in [-0.2, -0.15) is 5.26 Å². The molecule has 2 aliphatic rings. The Labute approximate surface area is 223 Å². The van der Waals surface area contributed by atoms with Gasteiger partial charge in [0.15, 0.2) is 5.67 Å². The van der Waals surface area contributed by atoms with E-state index in [0.29, 0.717) is 18.5 Å². The van der Waals surface area contributed by atoms with E-state index < -0.39 is 47.4 Å². The van der Waals surface area contributed by atoms with Gasteiger partial charge in [0.25, 0.3) is 5.91 Å². The second-order valence-electron chi connectivity index (χ2n) is 10.8. The number of hydrogen-bond donors (Lipinski definition) is 2. The molecule has 0 saturated heterocycles. The third-order valence-corrected chi connectivity index (χ3v) is 7.39. The highest BCUT2D eigenvalue weighted by Gasteiger charge is 2.42. The third kappa shape index (κ3) is 6.69. The van der Waals surface area contributed by atoms with Crippen LogP contribution in [0.15, 0.2) is 24.3 Å². The molecule has 3 rings (SSSR count). The summed E-state index contributed by atoms with van der Waals surface area (Å²) >= 11 is 0. The summed E-state index contributed by atoms with van der Waals surface area (Å²) in [6, 6.07) is 6.33. The summed E-state index contributed by atoms with van der Waals surface area (Å²) < 4.78 is 15.1. The predicted molar refractivity (Wildman–Crippen MR) is 140 cm³/mol. The highest BCUT2D eigenvalue weighted by molar-refractivity contribution is 5.98. The van der Waals surface area contributed by atoms with Crippen molar-refractivity contribution < 1.29 is 23.6 Å². The zero-order chi connectivity index (χ0) is 28.0. The lowest BCUT2D eigenvalue weighted by Crippen LogP contribution is -2.58. The van der Waals surface area contributed by atoms with Gasteiger partial charge in [-0.25, -0.2) is 4.39 Å². The van der Waals surface area contributed by atoms with Gasteiger partial charge in [0, 0.05) is 19.2 Å². The first kappa shape index (κ1) is 29.1. The largest absolute Gasteiger partial charge is 0.342 e. The van der Waals surface area contributed by atoms with E-state index in [9.17, 15) is 24.4 Å². The number of halogens is 1. The summed E-state index contributed by atoms with van der Waals surface area (Å²) in [4.78, 5) is 55.1. The standard InChI is InChI=1S/C28H38FN5O4/c1-18(2)14-23(33(4)25(36)19(3)31-27(38)28(29)12-8-5-9-13-28)26(37)34-17-24(35)32-22-11-7-6-10-20(22)15-21(34)16-30/h6-7,10-11,18-19,21,23H,5,8-9,12-15,17H2,1-4H3,(H,31,38)(H,32,35)/t19-,21-,23-/m0/s1. The number of alkyl halides is 1. The number of hydrogen-bond acceptors (Lipinski definition) is 5. The van der Waals surface area contributed by atoms with E-state index in [4.69, 9.17) is 0 Å². The minimum Gasteiger partial charge on any atom is -0.342 e. The van der Waals surface area contributed by atoms with Gasteiger partial charge in [-0.05, 0) is 56.6 Å². The van der Waals surface area contributed by atoms with Gasteiger partial charge >= 0.3 is 0 Å². The van der Waals surface area contributed by atoms with E-state index >= 15 is 4.39 Å². The van der Waals surface area contributed by atoms with Crippen LogP contribution in [0.2, 0.25) is 0 Å². The normalized spacial score (nSPS) is 20.6. The van der Waals surface area contributed by atoms with Crippen LogP contribution in [0.3, 0.4) is 0 Å². The number of nitriles is 1. The first-order chi connectivity index (χ1) is 18.0. The molecule has 38 heavy (non-hydrogen) atoms. The molecule has 0 bridgehead atoms. The van der Waals surface area contributed by atoms with Crippen molar-refractivity contribution in [1.82, 2.24) is 15.1 Å². The number of carbonyl (C=O) groups excluding carboxylic acids is 4. The van der Waals surface area contributed by atoms with Gasteiger partial charge < -0.3 is 20.4 Å². The van der Waals surface area contributed by atoms with Gasteiger partial charge in [0.2, 0.25) is 17.7 Å². The van der Waals surface area contributed by atoms with Crippen molar-refractivity contribution in [1.29, 1.82) is 5.26 Å². The van der Waals surface area contributed by atoms with E-state index in [1.165, 1.54) is 23.8 Å². The molecule has 1 aromatic rings. The summed E-state index contributed by atoms with van der Waals surface area (Å²) in [5.74, 6) is -2.31. The fourth-order valence-corrected chi connectivity index (χ4v) is 5.19. The molecule has 3 atom stereocenters. The molecule has 1 aliphatic carbocycles. The maximum absolute atomic E-state index is 15.1. The highest BCUT2D eigenvalue weighted by atomic mass is 19.1. The molecule has 1 fully saturated rings. The molecule has 0 radical (unpaired) electrons. The van der Waals surface area contributed by atoms with Crippen molar-refractivity contribution in [2.75, 3.05) is 18.9 Å². The van der Waals surface area contributed by atoms with E-state index in [1.807, 2.05) is 13.8 Å². The Bertz CT molecular complexity index is 1090. The second-order valence-corrected chi connectivity index (χ2v) is 10.8. The molecule has 0 unspecified atom stereocenters. The van der Waals surface area contributed by atoms with Crippen molar-refractivity contribution in [2.24, 2.45) is 5.92 Å². The van der Waals surface area contributed by atoms with Crippen LogP contribution in [-0.2, 0) is 25.6 Å². The van der Waals surface area contributed by atoms with Gasteiger partial charge in [-0.3, -0.25) is 19.2 Å². The first-order valence-corrected chi connectivity index (χ1v) is 13.3. The van der Waals surface area contributed by atoms with Crippen LogP contribution >= 0.6 is 0 Å². The van der Waals surface area contributed by atoms with Crippen LogP contribution in [0, 0.1) is 17.2 Å². The molecular weight excluding hydrogens is 489 g/mol. The van der Waals surface area contributed by atoms with Crippen molar-refractivity contribution in [3.05, 3.63) is 29.8 Å². The van der Waals surface area contributed by atoms with Gasteiger partial charge in [-0.15, -0.1) is 0 Å². The average Bonchev–Trinajstić information content (AvgIpc) is 2.88. The lowest BCUT2D eigenvalue weighted by molar-refractivity contribution is -0.149. The number of carbonyl (C=O) groups is 4. The molecule has 206 valence electrons. The van der Waals surface area contributed by atoms with Gasteiger partial charge in [0.1, 0.15) is 24.7 Å². The number of likely N-dealkylation sites (N-methyl/N-ethyl adjacent to an activating group) is 1. The van der Waals surface area contributed by atoms with Crippen LogP contribution in [0.4, 0.5) is 10.1 Å². The van der Waals surface area contributed by atoms with E-state index in [2.05, 4.69) is 16.7 Å². The second kappa shape index (κ2) is 12.4. The van der Waals surface area contributed by atoms with Crippen LogP contribution < -0.4 is 10.6 Å². The molecule has 1 aliphatic heterocycles. The predicted octanol–water partition coefficient (Wildman–Crippen LogP) is 2.95. The Kier molecular flexibility index (Phi) is 9.47. The lowest BCUT2D eigenvalue weighted by Gasteiger charge is -2.37. The van der Waals surface area contributed by atoms with Crippen LogP contribution in [-0.4, -0.2) is 70.8 Å². The van der Waals surface area contributed by atoms with E-state index in [-0.39, 0.29) is 38.1 Å². The Balaban J connectivity index is 1.81. The maximum atomic E-state index is 15.1. The van der Waals surface area contributed by atoms with Crippen LogP contribution in [0.25, 0.3) is 0 Å². The molecule has 1 saturated carbocycles. The molecule has 4 amide bonds. The maximum Gasteiger partial charge on any atom is 0.258 e. The van der Waals surface area contributed by atoms with Crippen LogP contribution in [0.5, 0.6) is 0 Å². The summed E-state index contributed by atoms with van der Waals surface area (Å²) in [5.41, 5.74) is -0.662. The smallest absolute Gasteiger partial charge is 0.258 e. The minimum atomic E-state index is -1.99. The first-order valence-electron chi connectivity index (χ1n) is 13.3. The zero-order valence-electron chi connectivity index (χ0n) is 22.6. The summed E-state index contributed by atoms with van der Waals surface area (Å²) in [7, 11) is 1.46. The summed E-state index contributed by atoms with van der Waals surface area (Å²) in [6.45, 7) is 4.94. The number of nitrogens with zero attached hydrogens (tertiary/aromatic N) is 3. The van der Waals surface area contributed by atoms with Crippen molar-refractivity contribution in [2.45, 2.75) is 89.5 Å². The fourth-order valence-electron chi connectivity index (χ4n) is 5.19. The van der Waals surface area contributed by atoms with E-state index in [0.717, 1.165) is 12.0 Å². The monoisotopic (exact) mass is 527 g/mol. The molecule has 0 aromatic heterocycles. The molecule has 2 N–H and O–H groups in total. The van der Waals surface area contributed by atoms with Crippen molar-refractivity contribution in [3.63, 3.8) is 0 Å². The Morgan fingerprint density at radius 2 is 1.87 bits per heavy atom.